The van der Waals surface area contributed by atoms with E-state index in [2.05, 4.69) is 5.32 Å². The zero-order valence-corrected chi connectivity index (χ0v) is 16.0. The number of aliphatic carboxylic acids is 1. The van der Waals surface area contributed by atoms with Crippen LogP contribution in [-0.4, -0.2) is 22.5 Å². The van der Waals surface area contributed by atoms with Crippen LogP contribution in [0.4, 0.5) is 8.78 Å². The van der Waals surface area contributed by atoms with Gasteiger partial charge in [-0.05, 0) is 42.8 Å². The maximum Gasteiger partial charge on any atom is 0.329 e. The van der Waals surface area contributed by atoms with E-state index >= 15 is 0 Å². The van der Waals surface area contributed by atoms with Crippen molar-refractivity contribution in [2.24, 2.45) is 0 Å². The molecule has 1 fully saturated rings. The first kappa shape index (κ1) is 19.8. The van der Waals surface area contributed by atoms with Gasteiger partial charge in [0.1, 0.15) is 29.5 Å². The number of halogens is 2. The summed E-state index contributed by atoms with van der Waals surface area (Å²) in [4.78, 5) is 24.6. The number of rotatable bonds is 6. The number of carboxylic acids is 1. The van der Waals surface area contributed by atoms with E-state index in [4.69, 9.17) is 4.74 Å². The normalized spacial score (nSPS) is 14.7. The second kappa shape index (κ2) is 7.74. The summed E-state index contributed by atoms with van der Waals surface area (Å²) in [7, 11) is 0. The second-order valence-electron chi connectivity index (χ2n) is 7.38. The summed E-state index contributed by atoms with van der Waals surface area (Å²) >= 11 is 0. The Balaban J connectivity index is 1.69. The number of carboxylic acid groups (broad SMARTS) is 1. The molecule has 0 aromatic heterocycles. The van der Waals surface area contributed by atoms with E-state index in [1.54, 1.807) is 24.3 Å². The monoisotopic (exact) mass is 411 g/mol. The van der Waals surface area contributed by atoms with Gasteiger partial charge in [0.25, 0.3) is 5.91 Å². The van der Waals surface area contributed by atoms with Crippen LogP contribution in [-0.2, 0) is 11.4 Å². The zero-order valence-electron chi connectivity index (χ0n) is 16.0. The van der Waals surface area contributed by atoms with Crippen LogP contribution in [0.3, 0.4) is 0 Å². The molecule has 1 amide bonds. The Morgan fingerprint density at radius 2 is 1.83 bits per heavy atom. The predicted molar refractivity (Wildman–Crippen MR) is 106 cm³/mol. The topological polar surface area (TPSA) is 75.6 Å². The van der Waals surface area contributed by atoms with Crippen molar-refractivity contribution in [2.75, 3.05) is 0 Å². The van der Waals surface area contributed by atoms with Crippen molar-refractivity contribution < 1.29 is 28.2 Å². The predicted octanol–water partition coefficient (Wildman–Crippen LogP) is 4.43. The van der Waals surface area contributed by atoms with Crippen LogP contribution < -0.4 is 10.1 Å². The Labute approximate surface area is 171 Å². The van der Waals surface area contributed by atoms with Gasteiger partial charge in [-0.3, -0.25) is 4.79 Å². The van der Waals surface area contributed by atoms with Crippen LogP contribution in [0.1, 0.15) is 35.2 Å². The summed E-state index contributed by atoms with van der Waals surface area (Å²) in [6.07, 6.45) is 1.44. The lowest BCUT2D eigenvalue weighted by Gasteiger charge is -2.38. The van der Waals surface area contributed by atoms with E-state index in [1.807, 2.05) is 12.1 Å². The molecule has 4 rings (SSSR count). The molecule has 0 saturated heterocycles. The molecule has 2 N–H and O–H groups in total. The van der Waals surface area contributed by atoms with E-state index in [-0.39, 0.29) is 23.5 Å². The molecule has 3 aromatic carbocycles. The molecule has 0 bridgehead atoms. The minimum atomic E-state index is -1.27. The Kier molecular flexibility index (Phi) is 5.11. The van der Waals surface area contributed by atoms with Gasteiger partial charge in [-0.15, -0.1) is 0 Å². The number of carbonyl (C=O) groups excluding carboxylic acids is 1. The van der Waals surface area contributed by atoms with Gasteiger partial charge < -0.3 is 15.2 Å². The number of hydrogen-bond donors (Lipinski definition) is 2. The summed E-state index contributed by atoms with van der Waals surface area (Å²) in [6, 6.07) is 13.7. The zero-order chi connectivity index (χ0) is 21.3. The Hall–Kier alpha value is -3.48. The SMILES string of the molecule is O=C(NC1(C(=O)O)CCC1)c1ccc2ccccc2c1OCc1ccc(F)cc1F. The van der Waals surface area contributed by atoms with Gasteiger partial charge in [0.2, 0.25) is 0 Å². The number of nitrogens with one attached hydrogen (secondary N) is 1. The van der Waals surface area contributed by atoms with Crippen LogP contribution in [0, 0.1) is 11.6 Å². The fourth-order valence-corrected chi connectivity index (χ4v) is 3.57. The minimum absolute atomic E-state index is 0.136. The van der Waals surface area contributed by atoms with Crippen LogP contribution in [0.15, 0.2) is 54.6 Å². The molecule has 0 heterocycles. The highest BCUT2D eigenvalue weighted by Gasteiger charge is 2.46. The highest BCUT2D eigenvalue weighted by atomic mass is 19.1. The van der Waals surface area contributed by atoms with Gasteiger partial charge in [0.05, 0.1) is 5.56 Å². The molecular weight excluding hydrogens is 392 g/mol. The van der Waals surface area contributed by atoms with E-state index < -0.39 is 29.0 Å². The van der Waals surface area contributed by atoms with Gasteiger partial charge >= 0.3 is 5.97 Å². The Morgan fingerprint density at radius 3 is 2.50 bits per heavy atom. The first-order chi connectivity index (χ1) is 14.4. The summed E-state index contributed by atoms with van der Waals surface area (Å²) in [5.41, 5.74) is -0.983. The highest BCUT2D eigenvalue weighted by Crippen LogP contribution is 2.35. The van der Waals surface area contributed by atoms with Gasteiger partial charge in [0, 0.05) is 17.0 Å². The van der Waals surface area contributed by atoms with E-state index in [0.717, 1.165) is 23.9 Å². The molecule has 3 aromatic rings. The van der Waals surface area contributed by atoms with Crippen molar-refractivity contribution >= 4 is 22.6 Å². The third-order valence-corrected chi connectivity index (χ3v) is 5.48. The fourth-order valence-electron chi connectivity index (χ4n) is 3.57. The summed E-state index contributed by atoms with van der Waals surface area (Å²) in [5.74, 6) is -2.87. The van der Waals surface area contributed by atoms with Crippen molar-refractivity contribution in [3.05, 3.63) is 77.4 Å². The number of ether oxygens (including phenoxy) is 1. The molecule has 1 aliphatic rings. The number of amides is 1. The lowest BCUT2D eigenvalue weighted by Crippen LogP contribution is -2.59. The quantitative estimate of drug-likeness (QED) is 0.629. The van der Waals surface area contributed by atoms with E-state index in [9.17, 15) is 23.5 Å². The number of carbonyl (C=O) groups is 2. The first-order valence-corrected chi connectivity index (χ1v) is 9.54. The summed E-state index contributed by atoms with van der Waals surface area (Å²) < 4.78 is 33.0. The van der Waals surface area contributed by atoms with Crippen LogP contribution in [0.5, 0.6) is 5.75 Å². The molecule has 0 spiro atoms. The van der Waals surface area contributed by atoms with Gasteiger partial charge in [-0.1, -0.05) is 30.3 Å². The van der Waals surface area contributed by atoms with Gasteiger partial charge in [-0.25, -0.2) is 13.6 Å². The van der Waals surface area contributed by atoms with Crippen molar-refractivity contribution in [1.82, 2.24) is 5.32 Å². The third kappa shape index (κ3) is 3.58. The van der Waals surface area contributed by atoms with Crippen molar-refractivity contribution in [3.8, 4) is 5.75 Å². The van der Waals surface area contributed by atoms with Crippen LogP contribution in [0.25, 0.3) is 10.8 Å². The molecule has 0 radical (unpaired) electrons. The molecule has 0 unspecified atom stereocenters. The fraction of sp³-hybridized carbons (Fsp3) is 0.217. The van der Waals surface area contributed by atoms with Crippen LogP contribution in [0.2, 0.25) is 0 Å². The molecule has 154 valence electrons. The third-order valence-electron chi connectivity index (χ3n) is 5.48. The van der Waals surface area contributed by atoms with Crippen molar-refractivity contribution in [2.45, 2.75) is 31.4 Å². The molecule has 1 saturated carbocycles. The largest absolute Gasteiger partial charge is 0.487 e. The lowest BCUT2D eigenvalue weighted by molar-refractivity contribution is -0.148. The molecule has 7 heteroatoms. The smallest absolute Gasteiger partial charge is 0.329 e. The molecule has 30 heavy (non-hydrogen) atoms. The average molecular weight is 411 g/mol. The lowest BCUT2D eigenvalue weighted by atomic mass is 9.76. The molecule has 5 nitrogen and oxygen atoms in total. The van der Waals surface area contributed by atoms with Crippen LogP contribution >= 0.6 is 0 Å². The number of hydrogen-bond acceptors (Lipinski definition) is 3. The van der Waals surface area contributed by atoms with Gasteiger partial charge in [0.15, 0.2) is 0 Å². The van der Waals surface area contributed by atoms with Crippen molar-refractivity contribution in [3.63, 3.8) is 0 Å². The number of benzene rings is 3. The number of fused-ring (bicyclic) bond motifs is 1. The van der Waals surface area contributed by atoms with E-state index in [0.29, 0.717) is 18.2 Å². The van der Waals surface area contributed by atoms with E-state index in [1.165, 1.54) is 6.07 Å². The first-order valence-electron chi connectivity index (χ1n) is 9.54. The molecule has 0 atom stereocenters. The maximum atomic E-state index is 14.0. The molecule has 0 aliphatic heterocycles. The Morgan fingerprint density at radius 1 is 1.07 bits per heavy atom. The average Bonchev–Trinajstić information content (AvgIpc) is 2.69. The second-order valence-corrected chi connectivity index (χ2v) is 7.38. The molecular formula is C23H19F2NO4. The highest BCUT2D eigenvalue weighted by molar-refractivity contribution is 6.05. The van der Waals surface area contributed by atoms with Crippen molar-refractivity contribution in [1.29, 1.82) is 0 Å². The minimum Gasteiger partial charge on any atom is -0.487 e. The molecule has 1 aliphatic carbocycles. The summed E-state index contributed by atoms with van der Waals surface area (Å²) in [6.45, 7) is -0.218. The standard InChI is InChI=1S/C23H19F2NO4/c24-16-8-6-15(19(25)12-16)13-30-20-17-5-2-1-4-14(17)7-9-18(20)21(27)26-23(22(28)29)10-3-11-23/h1-2,4-9,12H,3,10-11,13H2,(H,26,27)(H,28,29). The maximum absolute atomic E-state index is 14.0. The van der Waals surface area contributed by atoms with Gasteiger partial charge in [-0.2, -0.15) is 0 Å². The Bertz CT molecular complexity index is 1140. The summed E-state index contributed by atoms with van der Waals surface area (Å²) in [5, 5.41) is 13.6.